The van der Waals surface area contributed by atoms with Gasteiger partial charge in [0.25, 0.3) is 0 Å². The topological polar surface area (TPSA) is 26.5 Å². The largest absolute Gasteiger partial charge is 0.487 e. The number of aromatic nitrogens is 2. The first-order chi connectivity index (χ1) is 10.4. The summed E-state index contributed by atoms with van der Waals surface area (Å²) in [6.45, 7) is 0.468. The van der Waals surface area contributed by atoms with Crippen LogP contribution in [0, 0.1) is 0 Å². The van der Waals surface area contributed by atoms with E-state index < -0.39 is 0 Å². The monoisotopic (exact) mass is 274 g/mol. The van der Waals surface area contributed by atoms with Crippen molar-refractivity contribution in [2.24, 2.45) is 0 Å². The van der Waals surface area contributed by atoms with Crippen LogP contribution in [0.15, 0.2) is 73.1 Å². The van der Waals surface area contributed by atoms with Gasteiger partial charge >= 0.3 is 0 Å². The Bertz CT molecular complexity index is 873. The van der Waals surface area contributed by atoms with E-state index in [1.165, 1.54) is 5.39 Å². The molecule has 0 radical (unpaired) electrons. The third-order valence-corrected chi connectivity index (χ3v) is 3.54. The molecule has 0 bridgehead atoms. The summed E-state index contributed by atoms with van der Waals surface area (Å²) in [5.74, 6) is 0.894. The molecule has 102 valence electrons. The predicted octanol–water partition coefficient (Wildman–Crippen LogP) is 4.07. The minimum Gasteiger partial charge on any atom is -0.487 e. The smallest absolute Gasteiger partial charge is 0.137 e. The molecule has 0 amide bonds. The zero-order valence-corrected chi connectivity index (χ0v) is 11.4. The maximum absolute atomic E-state index is 5.96. The lowest BCUT2D eigenvalue weighted by atomic mass is 10.1. The molecule has 0 saturated carbocycles. The lowest BCUT2D eigenvalue weighted by Crippen LogP contribution is -1.96. The van der Waals surface area contributed by atoms with Crippen LogP contribution in [0.4, 0.5) is 0 Å². The molecule has 4 rings (SSSR count). The fraction of sp³-hybridized carbons (Fsp3) is 0.0556. The van der Waals surface area contributed by atoms with E-state index in [4.69, 9.17) is 4.74 Å². The van der Waals surface area contributed by atoms with E-state index in [0.717, 1.165) is 22.5 Å². The van der Waals surface area contributed by atoms with E-state index in [-0.39, 0.29) is 0 Å². The molecule has 0 spiro atoms. The summed E-state index contributed by atoms with van der Waals surface area (Å²) in [5, 5.41) is 2.31. The van der Waals surface area contributed by atoms with Crippen molar-refractivity contribution >= 4 is 16.4 Å². The van der Waals surface area contributed by atoms with Crippen molar-refractivity contribution in [1.29, 1.82) is 0 Å². The molecule has 2 aromatic carbocycles. The predicted molar refractivity (Wildman–Crippen MR) is 83.5 cm³/mol. The van der Waals surface area contributed by atoms with E-state index in [1.54, 1.807) is 0 Å². The summed E-state index contributed by atoms with van der Waals surface area (Å²) >= 11 is 0. The Morgan fingerprint density at radius 2 is 1.76 bits per heavy atom. The minimum absolute atomic E-state index is 0.468. The molecule has 2 aromatic heterocycles. The van der Waals surface area contributed by atoms with Gasteiger partial charge in [0.05, 0.1) is 5.69 Å². The summed E-state index contributed by atoms with van der Waals surface area (Å²) in [6.07, 6.45) is 3.99. The molecular formula is C18H14N2O. The van der Waals surface area contributed by atoms with Crippen molar-refractivity contribution in [2.75, 3.05) is 0 Å². The summed E-state index contributed by atoms with van der Waals surface area (Å²) < 4.78 is 7.96. The Kier molecular flexibility index (Phi) is 2.82. The van der Waals surface area contributed by atoms with Crippen molar-refractivity contribution in [3.05, 3.63) is 78.8 Å². The highest BCUT2D eigenvalue weighted by atomic mass is 16.5. The maximum Gasteiger partial charge on any atom is 0.137 e. The molecule has 0 aliphatic rings. The molecule has 0 saturated heterocycles. The second-order valence-corrected chi connectivity index (χ2v) is 4.96. The number of ether oxygens (including phenoxy) is 1. The molecule has 0 aliphatic carbocycles. The van der Waals surface area contributed by atoms with Crippen molar-refractivity contribution in [3.63, 3.8) is 0 Å². The summed E-state index contributed by atoms with van der Waals surface area (Å²) in [7, 11) is 0. The minimum atomic E-state index is 0.468. The van der Waals surface area contributed by atoms with E-state index in [9.17, 15) is 0 Å². The lowest BCUT2D eigenvalue weighted by molar-refractivity contribution is 0.306. The van der Waals surface area contributed by atoms with E-state index in [0.29, 0.717) is 6.61 Å². The Morgan fingerprint density at radius 3 is 2.71 bits per heavy atom. The highest BCUT2D eigenvalue weighted by molar-refractivity contribution is 5.88. The Morgan fingerprint density at radius 1 is 0.905 bits per heavy atom. The number of pyridine rings is 1. The first-order valence-corrected chi connectivity index (χ1v) is 6.93. The third kappa shape index (κ3) is 2.23. The van der Waals surface area contributed by atoms with Crippen LogP contribution in [-0.4, -0.2) is 9.38 Å². The Labute approximate surface area is 122 Å². The molecule has 0 N–H and O–H groups in total. The first-order valence-electron chi connectivity index (χ1n) is 6.93. The van der Waals surface area contributed by atoms with Gasteiger partial charge in [-0.25, -0.2) is 4.98 Å². The number of imidazole rings is 1. The summed E-state index contributed by atoms with van der Waals surface area (Å²) in [5.41, 5.74) is 1.86. The fourth-order valence-electron chi connectivity index (χ4n) is 2.53. The number of hydrogen-bond acceptors (Lipinski definition) is 2. The average Bonchev–Trinajstić information content (AvgIpc) is 2.96. The second-order valence-electron chi connectivity index (χ2n) is 4.96. The van der Waals surface area contributed by atoms with Crippen molar-refractivity contribution in [1.82, 2.24) is 9.38 Å². The average molecular weight is 274 g/mol. The van der Waals surface area contributed by atoms with Crippen LogP contribution in [0.25, 0.3) is 16.4 Å². The fourth-order valence-corrected chi connectivity index (χ4v) is 2.53. The highest BCUT2D eigenvalue weighted by Crippen LogP contribution is 2.25. The molecule has 0 unspecified atom stereocenters. The van der Waals surface area contributed by atoms with Gasteiger partial charge < -0.3 is 9.14 Å². The van der Waals surface area contributed by atoms with Gasteiger partial charge in [0, 0.05) is 17.8 Å². The second kappa shape index (κ2) is 4.94. The van der Waals surface area contributed by atoms with E-state index in [1.807, 2.05) is 59.3 Å². The van der Waals surface area contributed by atoms with Crippen molar-refractivity contribution in [2.45, 2.75) is 6.61 Å². The molecule has 2 heterocycles. The van der Waals surface area contributed by atoms with Gasteiger partial charge in [-0.3, -0.25) is 0 Å². The van der Waals surface area contributed by atoms with Gasteiger partial charge in [0.2, 0.25) is 0 Å². The highest BCUT2D eigenvalue weighted by Gasteiger charge is 2.04. The van der Waals surface area contributed by atoms with Crippen LogP contribution in [-0.2, 0) is 6.61 Å². The SMILES string of the molecule is c1ccc2c(OCc3cn4ccccc4n3)cccc2c1. The van der Waals surface area contributed by atoms with Crippen LogP contribution in [0.5, 0.6) is 5.75 Å². The number of benzene rings is 2. The number of rotatable bonds is 3. The van der Waals surface area contributed by atoms with Gasteiger partial charge in [0.1, 0.15) is 18.0 Å². The molecular weight excluding hydrogens is 260 g/mol. The van der Waals surface area contributed by atoms with Gasteiger partial charge in [-0.05, 0) is 23.6 Å². The molecule has 4 aromatic rings. The van der Waals surface area contributed by atoms with E-state index >= 15 is 0 Å². The number of fused-ring (bicyclic) bond motifs is 2. The van der Waals surface area contributed by atoms with Gasteiger partial charge in [0.15, 0.2) is 0 Å². The van der Waals surface area contributed by atoms with Gasteiger partial charge in [-0.15, -0.1) is 0 Å². The van der Waals surface area contributed by atoms with Gasteiger partial charge in [-0.2, -0.15) is 0 Å². The molecule has 3 heteroatoms. The zero-order chi connectivity index (χ0) is 14.1. The summed E-state index contributed by atoms with van der Waals surface area (Å²) in [6, 6.07) is 20.3. The number of hydrogen-bond donors (Lipinski definition) is 0. The van der Waals surface area contributed by atoms with Gasteiger partial charge in [-0.1, -0.05) is 42.5 Å². The normalized spacial score (nSPS) is 11.0. The molecule has 0 fully saturated rings. The Hall–Kier alpha value is -2.81. The van der Waals surface area contributed by atoms with Crippen LogP contribution in [0.3, 0.4) is 0 Å². The quantitative estimate of drug-likeness (QED) is 0.563. The van der Waals surface area contributed by atoms with Crippen LogP contribution < -0.4 is 4.74 Å². The maximum atomic E-state index is 5.96. The lowest BCUT2D eigenvalue weighted by Gasteiger charge is -2.07. The van der Waals surface area contributed by atoms with Crippen LogP contribution in [0.1, 0.15) is 5.69 Å². The van der Waals surface area contributed by atoms with Crippen molar-refractivity contribution in [3.8, 4) is 5.75 Å². The first kappa shape index (κ1) is 12.0. The van der Waals surface area contributed by atoms with E-state index in [2.05, 4.69) is 23.2 Å². The standard InChI is InChI=1S/C18H14N2O/c1-2-8-16-14(6-1)7-5-9-17(16)21-13-15-12-20-11-4-3-10-18(20)19-15/h1-12H,13H2. The third-order valence-electron chi connectivity index (χ3n) is 3.54. The molecule has 3 nitrogen and oxygen atoms in total. The summed E-state index contributed by atoms with van der Waals surface area (Å²) in [4.78, 5) is 4.55. The zero-order valence-electron chi connectivity index (χ0n) is 11.4. The molecule has 21 heavy (non-hydrogen) atoms. The van der Waals surface area contributed by atoms with Crippen molar-refractivity contribution < 1.29 is 4.74 Å². The van der Waals surface area contributed by atoms with Crippen LogP contribution in [0.2, 0.25) is 0 Å². The number of nitrogens with zero attached hydrogens (tertiary/aromatic N) is 2. The molecule has 0 aliphatic heterocycles. The Balaban J connectivity index is 1.63. The van der Waals surface area contributed by atoms with Crippen LogP contribution >= 0.6 is 0 Å². The molecule has 0 atom stereocenters.